The molecule has 12 rings (SSSR count). The van der Waals surface area contributed by atoms with E-state index in [1.54, 1.807) is 103 Å². The lowest BCUT2D eigenvalue weighted by Crippen LogP contribution is -2.23. The molecule has 7 N–H and O–H groups in total. The topological polar surface area (TPSA) is 335 Å². The summed E-state index contributed by atoms with van der Waals surface area (Å²) >= 11 is 7.51. The number of carbonyl (C=O) groups is 6. The zero-order chi connectivity index (χ0) is 77.1. The van der Waals surface area contributed by atoms with Crippen LogP contribution in [0.4, 0.5) is 45.5 Å². The van der Waals surface area contributed by atoms with Gasteiger partial charge < -0.3 is 54.1 Å². The second-order valence-electron chi connectivity index (χ2n) is 23.5. The van der Waals surface area contributed by atoms with Gasteiger partial charge in [0.15, 0.2) is 43.5 Å². The molecule has 5 amide bonds. The molecule has 0 bridgehead atoms. The molecule has 1 saturated carbocycles. The number of imidazole rings is 1. The van der Waals surface area contributed by atoms with Gasteiger partial charge in [-0.15, -0.1) is 44.2 Å². The average molecular weight is 1590 g/mol. The highest BCUT2D eigenvalue weighted by molar-refractivity contribution is 7.99. The van der Waals surface area contributed by atoms with Gasteiger partial charge in [-0.25, -0.2) is 43.1 Å². The number of hydrogen-bond donors (Lipinski definition) is 6. The molecule has 1 aliphatic rings. The Kier molecular flexibility index (Phi) is 30.6. The van der Waals surface area contributed by atoms with Crippen molar-refractivity contribution >= 4 is 136 Å². The number of esters is 2. The van der Waals surface area contributed by atoms with Gasteiger partial charge in [-0.05, 0) is 135 Å². The number of nitrogen functional groups attached to an aromatic ring is 1. The van der Waals surface area contributed by atoms with E-state index < -0.39 is 41.4 Å². The molecule has 566 valence electrons. The van der Waals surface area contributed by atoms with Crippen LogP contribution in [0.3, 0.4) is 0 Å². The number of hydrogen-bond acceptors (Lipinski definition) is 26. The van der Waals surface area contributed by atoms with Gasteiger partial charge in [0, 0.05) is 77.8 Å². The fourth-order valence-corrected chi connectivity index (χ4v) is 14.2. The summed E-state index contributed by atoms with van der Waals surface area (Å²) in [4.78, 5) is 90.2. The molecule has 26 nitrogen and oxygen atoms in total. The maximum absolute atomic E-state index is 14.1. The highest BCUT2D eigenvalue weighted by Crippen LogP contribution is 2.42. The lowest BCUT2D eigenvalue weighted by atomic mass is 9.87. The van der Waals surface area contributed by atoms with Crippen molar-refractivity contribution in [2.24, 2.45) is 13.0 Å². The first-order chi connectivity index (χ1) is 52.1. The number of nitrogens with two attached hydrogens (primary N) is 1. The molecule has 11 aromatic rings. The number of methoxy groups -OCH3 is 2. The molecule has 6 heterocycles. The Labute approximate surface area is 645 Å². The van der Waals surface area contributed by atoms with Crippen molar-refractivity contribution in [1.29, 1.82) is 0 Å². The highest BCUT2D eigenvalue weighted by atomic mass is 32.2. The number of thiophene rings is 1. The second kappa shape index (κ2) is 40.7. The standard InChI is InChI=1S/C21H20FN3O6S.C21H23N3O5S2.C18H22N2OS.C14H12FN5OS2/c1-4-30-19(26)14-11-32-21(24-14)25-20(27)23-13-10-12(22)8-9-15(13)31-17-7-5-6-16(28-2)18(17)29-3;1-4-27-20(26)19-23-24-21(31-19)22-18(25)15-9-16(11-17(10-15)29-13(2)3)28-7-5-14-6-8-30-12-14;1-13-6-8-15(9-7-13)16(12-14-4-2-3-5-14)17(21)20-18-19-10-11-22-18;1-20-4-2-18-14(20)23-11-6-8(10(16)7-9(11)15)12(21)19-13-17-3-5-22-13/h5-11H,4H2,1-3H3,(H2,23,24,25,27);6,8-13H,4-5,7H2,1-3H3,(H,22,24,25);6-11,14,16H,2-5,12H2,1H3,(H,19,20,21);2-7H,16H2,1H3,(H,17,19,21). The van der Waals surface area contributed by atoms with E-state index in [0.717, 1.165) is 65.0 Å². The molecule has 1 fully saturated rings. The molecule has 34 heteroatoms. The van der Waals surface area contributed by atoms with Gasteiger partial charge in [-0.3, -0.25) is 30.3 Å². The summed E-state index contributed by atoms with van der Waals surface area (Å²) in [5.74, 6) is -0.107. The SMILES string of the molecule is CCOC(=O)c1csc(NC(=O)Nc2cc(F)ccc2Oc2cccc(OC)c2OC)n1.CCOC(=O)c1nnc(NC(=O)c2cc(OCCc3ccsc3)cc(OC(C)C)c2)s1.Cc1ccc(C(CC2CCCC2)C(=O)Nc2nccs2)cc1.Cn1ccnc1Sc1cc(C(=O)Nc2nccs2)c(N)cc1F. The van der Waals surface area contributed by atoms with Crippen LogP contribution < -0.4 is 56.0 Å². The van der Waals surface area contributed by atoms with Crippen LogP contribution in [0.1, 0.15) is 123 Å². The van der Waals surface area contributed by atoms with Gasteiger partial charge in [0.25, 0.3) is 11.8 Å². The number of urea groups is 1. The Balaban J connectivity index is 0.000000168. The average Bonchev–Trinajstić information content (AvgIpc) is 1.00. The lowest BCUT2D eigenvalue weighted by molar-refractivity contribution is -0.118. The van der Waals surface area contributed by atoms with E-state index in [1.165, 1.54) is 97.3 Å². The Morgan fingerprint density at radius 3 is 2.08 bits per heavy atom. The van der Waals surface area contributed by atoms with Crippen LogP contribution in [-0.4, -0.2) is 111 Å². The number of nitrogens with one attached hydrogen (secondary N) is 5. The molecule has 5 aromatic carbocycles. The number of aromatic nitrogens is 7. The van der Waals surface area contributed by atoms with E-state index in [1.807, 2.05) is 24.6 Å². The summed E-state index contributed by atoms with van der Waals surface area (Å²) in [6.45, 7) is 10.2. The van der Waals surface area contributed by atoms with Gasteiger partial charge in [0.2, 0.25) is 21.8 Å². The normalized spacial score (nSPS) is 11.8. The summed E-state index contributed by atoms with van der Waals surface area (Å²) in [6, 6.07) is 26.0. The molecule has 108 heavy (non-hydrogen) atoms. The van der Waals surface area contributed by atoms with Crippen molar-refractivity contribution in [3.05, 3.63) is 199 Å². The molecule has 0 radical (unpaired) electrons. The molecule has 6 aromatic heterocycles. The molecule has 1 aliphatic carbocycles. The molecule has 0 saturated heterocycles. The Morgan fingerprint density at radius 1 is 0.704 bits per heavy atom. The van der Waals surface area contributed by atoms with Crippen molar-refractivity contribution in [3.63, 3.8) is 0 Å². The molecular weight excluding hydrogens is 1510 g/mol. The number of thiazole rings is 3. The van der Waals surface area contributed by atoms with Crippen LogP contribution in [0.25, 0.3) is 0 Å². The minimum absolute atomic E-state index is 0.0627. The lowest BCUT2D eigenvalue weighted by Gasteiger charge is -2.20. The van der Waals surface area contributed by atoms with Gasteiger partial charge in [0.1, 0.15) is 23.1 Å². The van der Waals surface area contributed by atoms with E-state index in [2.05, 4.69) is 99.4 Å². The van der Waals surface area contributed by atoms with Gasteiger partial charge in [-0.1, -0.05) is 72.9 Å². The highest BCUT2D eigenvalue weighted by Gasteiger charge is 2.28. The van der Waals surface area contributed by atoms with E-state index >= 15 is 0 Å². The first kappa shape index (κ1) is 81.2. The Hall–Kier alpha value is -10.9. The number of amides is 5. The smallest absolute Gasteiger partial charge is 0.369 e. The van der Waals surface area contributed by atoms with Crippen molar-refractivity contribution in [3.8, 4) is 34.5 Å². The fourth-order valence-electron chi connectivity index (χ4n) is 10.3. The van der Waals surface area contributed by atoms with Crippen molar-refractivity contribution in [1.82, 2.24) is 34.7 Å². The maximum Gasteiger partial charge on any atom is 0.369 e. The van der Waals surface area contributed by atoms with Crippen LogP contribution in [0, 0.1) is 24.5 Å². The van der Waals surface area contributed by atoms with Crippen molar-refractivity contribution in [2.45, 2.75) is 95.2 Å². The number of rotatable bonds is 27. The molecule has 1 atom stereocenters. The number of ether oxygens (including phenoxy) is 7. The number of para-hydroxylation sites is 1. The number of anilines is 6. The predicted octanol–water partition coefficient (Wildman–Crippen LogP) is 17.1. The first-order valence-electron chi connectivity index (χ1n) is 33.5. The monoisotopic (exact) mass is 1590 g/mol. The van der Waals surface area contributed by atoms with E-state index in [9.17, 15) is 37.5 Å². The maximum atomic E-state index is 14.1. The van der Waals surface area contributed by atoms with E-state index in [-0.39, 0.29) is 79.7 Å². The predicted molar refractivity (Wildman–Crippen MR) is 416 cm³/mol. The fraction of sp³-hybridized carbons (Fsp3) is 0.270. The zero-order valence-corrected chi connectivity index (χ0v) is 64.6. The summed E-state index contributed by atoms with van der Waals surface area (Å²) in [6.07, 6.45) is 13.4. The van der Waals surface area contributed by atoms with Crippen LogP contribution >= 0.6 is 68.4 Å². The summed E-state index contributed by atoms with van der Waals surface area (Å²) in [7, 11) is 4.75. The summed E-state index contributed by atoms with van der Waals surface area (Å²) in [5.41, 5.74) is 10.1. The quantitative estimate of drug-likeness (QED) is 0.0206. The largest absolute Gasteiger partial charge is 0.493 e. The minimum Gasteiger partial charge on any atom is -0.493 e. The van der Waals surface area contributed by atoms with Gasteiger partial charge in [0.05, 0.1) is 62.2 Å². The van der Waals surface area contributed by atoms with Crippen LogP contribution in [0.15, 0.2) is 159 Å². The summed E-state index contributed by atoms with van der Waals surface area (Å²) in [5, 5.41) is 32.2. The third kappa shape index (κ3) is 24.3. The van der Waals surface area contributed by atoms with Crippen molar-refractivity contribution in [2.75, 3.05) is 66.4 Å². The van der Waals surface area contributed by atoms with Gasteiger partial charge in [-0.2, -0.15) is 11.3 Å². The Bertz CT molecular complexity index is 4770. The minimum atomic E-state index is -0.706. The van der Waals surface area contributed by atoms with Crippen molar-refractivity contribution < 1.29 is 70.7 Å². The molecule has 1 unspecified atom stereocenters. The molecular formula is C74H77F2N13O13S6. The molecule has 0 spiro atoms. The van der Waals surface area contributed by atoms with Crippen LogP contribution in [0.2, 0.25) is 0 Å². The van der Waals surface area contributed by atoms with Crippen LogP contribution in [0.5, 0.6) is 34.5 Å². The van der Waals surface area contributed by atoms with E-state index in [0.29, 0.717) is 62.3 Å². The molecule has 0 aliphatic heterocycles. The first-order valence-corrected chi connectivity index (χ1v) is 38.8. The third-order valence-electron chi connectivity index (χ3n) is 15.3. The second-order valence-corrected chi connectivity index (χ2v) is 28.9. The number of halogens is 2. The van der Waals surface area contributed by atoms with Gasteiger partial charge >= 0.3 is 18.0 Å². The number of benzene rings is 5. The zero-order valence-electron chi connectivity index (χ0n) is 59.8. The number of aryl methyl sites for hydroxylation is 2. The summed E-state index contributed by atoms with van der Waals surface area (Å²) < 4.78 is 67.5. The Morgan fingerprint density at radius 2 is 1.42 bits per heavy atom. The number of nitrogens with zero attached hydrogens (tertiary/aromatic N) is 7. The third-order valence-corrected chi connectivity index (χ3v) is 20.1. The number of carbonyl (C=O) groups excluding carboxylic acids is 6. The van der Waals surface area contributed by atoms with Crippen LogP contribution in [-0.2, 0) is 27.7 Å². The van der Waals surface area contributed by atoms with E-state index in [4.69, 9.17) is 38.9 Å².